The molecule has 38 heavy (non-hydrogen) atoms. The molecule has 0 bridgehead atoms. The first-order chi connectivity index (χ1) is 18.6. The van der Waals surface area contributed by atoms with Gasteiger partial charge in [0.2, 0.25) is 0 Å². The zero-order chi connectivity index (χ0) is 26.7. The Kier molecular flexibility index (Phi) is 10.4. The molecule has 1 aliphatic heterocycles. The normalized spacial score (nSPS) is 15.1. The van der Waals surface area contributed by atoms with E-state index in [1.165, 1.54) is 42.5 Å². The maximum absolute atomic E-state index is 13.6. The Morgan fingerprint density at radius 3 is 2.47 bits per heavy atom. The van der Waals surface area contributed by atoms with Gasteiger partial charge in [-0.3, -0.25) is 4.90 Å². The van der Waals surface area contributed by atoms with Gasteiger partial charge in [-0.05, 0) is 91.0 Å². The number of phenols is 1. The van der Waals surface area contributed by atoms with Crippen molar-refractivity contribution in [1.29, 1.82) is 0 Å². The number of benzene rings is 3. The summed E-state index contributed by atoms with van der Waals surface area (Å²) >= 11 is 0. The molecular formula is C32H41FN2O3. The van der Waals surface area contributed by atoms with Crippen LogP contribution in [0.1, 0.15) is 55.3 Å². The molecule has 5 nitrogen and oxygen atoms in total. The third kappa shape index (κ3) is 7.71. The molecule has 0 radical (unpaired) electrons. The molecule has 0 saturated heterocycles. The third-order valence-electron chi connectivity index (χ3n) is 7.41. The molecule has 0 aliphatic carbocycles. The van der Waals surface area contributed by atoms with Crippen LogP contribution in [0.4, 0.5) is 10.1 Å². The third-order valence-corrected chi connectivity index (χ3v) is 7.41. The van der Waals surface area contributed by atoms with Crippen LogP contribution in [0, 0.1) is 5.82 Å². The first-order valence-corrected chi connectivity index (χ1v) is 14.0. The predicted octanol–water partition coefficient (Wildman–Crippen LogP) is 6.13. The Balaban J connectivity index is 1.39. The van der Waals surface area contributed by atoms with Crippen LogP contribution in [0.3, 0.4) is 0 Å². The summed E-state index contributed by atoms with van der Waals surface area (Å²) in [4.78, 5) is 4.60. The smallest absolute Gasteiger partial charge is 0.123 e. The van der Waals surface area contributed by atoms with E-state index in [-0.39, 0.29) is 24.2 Å². The second kappa shape index (κ2) is 14.2. The van der Waals surface area contributed by atoms with Crippen LogP contribution in [0.15, 0.2) is 66.7 Å². The number of fused-ring (bicyclic) bond motifs is 1. The van der Waals surface area contributed by atoms with Crippen molar-refractivity contribution in [3.05, 3.63) is 89.2 Å². The number of phenolic OH excluding ortho intramolecular Hbond substituents is 1. The van der Waals surface area contributed by atoms with Crippen molar-refractivity contribution in [3.63, 3.8) is 0 Å². The van der Waals surface area contributed by atoms with E-state index in [1.54, 1.807) is 6.07 Å². The Morgan fingerprint density at radius 2 is 1.74 bits per heavy atom. The number of nitrogens with zero attached hydrogens (tertiary/aromatic N) is 2. The lowest BCUT2D eigenvalue weighted by Gasteiger charge is -2.39. The second-order valence-electron chi connectivity index (χ2n) is 10.1. The van der Waals surface area contributed by atoms with Gasteiger partial charge in [-0.2, -0.15) is 0 Å². The van der Waals surface area contributed by atoms with E-state index in [2.05, 4.69) is 28.9 Å². The van der Waals surface area contributed by atoms with Gasteiger partial charge in [0.05, 0.1) is 12.6 Å². The Labute approximate surface area is 226 Å². The lowest BCUT2D eigenvalue weighted by atomic mass is 9.88. The minimum absolute atomic E-state index is 0.0799. The second-order valence-corrected chi connectivity index (χ2v) is 10.1. The van der Waals surface area contributed by atoms with Crippen molar-refractivity contribution in [3.8, 4) is 11.5 Å². The molecule has 204 valence electrons. The van der Waals surface area contributed by atoms with Gasteiger partial charge < -0.3 is 19.8 Å². The standard InChI is InChI=1S/C32H41FN2O3/c1-2-3-4-5-17-34(19-21-36)20-22-38-30-13-6-25(7-14-30)23-32-31-15-12-29(37)24-26(31)16-18-35(32)28-10-8-27(33)9-11-28/h6-15,24,32,36-37H,2-5,16-23H2,1H3. The minimum atomic E-state index is -0.237. The van der Waals surface area contributed by atoms with Gasteiger partial charge in [0, 0.05) is 25.3 Å². The van der Waals surface area contributed by atoms with E-state index in [0.717, 1.165) is 55.9 Å². The van der Waals surface area contributed by atoms with Gasteiger partial charge in [-0.1, -0.05) is 44.4 Å². The number of halogens is 1. The molecule has 0 aromatic heterocycles. The molecule has 1 atom stereocenters. The summed E-state index contributed by atoms with van der Waals surface area (Å²) < 4.78 is 19.6. The molecule has 0 amide bonds. The Morgan fingerprint density at radius 1 is 0.947 bits per heavy atom. The van der Waals surface area contributed by atoms with Crippen LogP contribution in [0.5, 0.6) is 11.5 Å². The molecule has 0 saturated carbocycles. The molecule has 3 aromatic rings. The van der Waals surface area contributed by atoms with Crippen LogP contribution >= 0.6 is 0 Å². The number of aliphatic hydroxyl groups excluding tert-OH is 1. The van der Waals surface area contributed by atoms with Gasteiger partial charge >= 0.3 is 0 Å². The minimum Gasteiger partial charge on any atom is -0.508 e. The fraction of sp³-hybridized carbons (Fsp3) is 0.438. The monoisotopic (exact) mass is 520 g/mol. The van der Waals surface area contributed by atoms with E-state index in [1.807, 2.05) is 36.4 Å². The maximum Gasteiger partial charge on any atom is 0.123 e. The van der Waals surface area contributed by atoms with E-state index in [0.29, 0.717) is 13.2 Å². The highest BCUT2D eigenvalue weighted by Gasteiger charge is 2.28. The average Bonchev–Trinajstić information content (AvgIpc) is 2.92. The molecule has 3 aromatic carbocycles. The van der Waals surface area contributed by atoms with E-state index in [4.69, 9.17) is 4.74 Å². The summed E-state index contributed by atoms with van der Waals surface area (Å²) in [5.41, 5.74) is 4.54. The zero-order valence-corrected chi connectivity index (χ0v) is 22.5. The number of unbranched alkanes of at least 4 members (excludes halogenated alkanes) is 3. The SMILES string of the molecule is CCCCCCN(CCO)CCOc1ccc(CC2c3ccc(O)cc3CCN2c2ccc(F)cc2)cc1. The topological polar surface area (TPSA) is 56.2 Å². The summed E-state index contributed by atoms with van der Waals surface area (Å²) in [6, 6.07) is 20.7. The van der Waals surface area contributed by atoms with Crippen LogP contribution in [-0.4, -0.2) is 54.5 Å². The number of ether oxygens (including phenoxy) is 1. The molecule has 0 spiro atoms. The predicted molar refractivity (Wildman–Crippen MR) is 152 cm³/mol. The number of aromatic hydroxyl groups is 1. The van der Waals surface area contributed by atoms with E-state index >= 15 is 0 Å². The first-order valence-electron chi connectivity index (χ1n) is 14.0. The summed E-state index contributed by atoms with van der Waals surface area (Å²) in [5, 5.41) is 19.4. The van der Waals surface area contributed by atoms with Crippen LogP contribution < -0.4 is 9.64 Å². The van der Waals surface area contributed by atoms with Crippen molar-refractivity contribution in [1.82, 2.24) is 4.90 Å². The van der Waals surface area contributed by atoms with Gasteiger partial charge in [0.15, 0.2) is 0 Å². The van der Waals surface area contributed by atoms with E-state index in [9.17, 15) is 14.6 Å². The van der Waals surface area contributed by atoms with Gasteiger partial charge in [0.1, 0.15) is 23.9 Å². The summed E-state index contributed by atoms with van der Waals surface area (Å²) in [5.74, 6) is 0.894. The summed E-state index contributed by atoms with van der Waals surface area (Å²) in [6.07, 6.45) is 6.48. The van der Waals surface area contributed by atoms with Crippen molar-refractivity contribution >= 4 is 5.69 Å². The molecule has 1 unspecified atom stereocenters. The lowest BCUT2D eigenvalue weighted by molar-refractivity contribution is 0.166. The largest absolute Gasteiger partial charge is 0.508 e. The van der Waals surface area contributed by atoms with Crippen molar-refractivity contribution < 1.29 is 19.3 Å². The zero-order valence-electron chi connectivity index (χ0n) is 22.5. The van der Waals surface area contributed by atoms with Crippen molar-refractivity contribution in [2.24, 2.45) is 0 Å². The molecule has 0 fully saturated rings. The molecular weight excluding hydrogens is 479 g/mol. The number of hydrogen-bond donors (Lipinski definition) is 2. The number of aliphatic hydroxyl groups is 1. The fourth-order valence-corrected chi connectivity index (χ4v) is 5.34. The Bertz CT molecular complexity index is 1120. The summed E-state index contributed by atoms with van der Waals surface area (Å²) in [6.45, 7) is 6.25. The van der Waals surface area contributed by atoms with E-state index < -0.39 is 0 Å². The fourth-order valence-electron chi connectivity index (χ4n) is 5.34. The maximum atomic E-state index is 13.6. The highest BCUT2D eigenvalue weighted by molar-refractivity contribution is 5.53. The quantitative estimate of drug-likeness (QED) is 0.251. The van der Waals surface area contributed by atoms with Crippen LogP contribution in [-0.2, 0) is 12.8 Å². The summed E-state index contributed by atoms with van der Waals surface area (Å²) in [7, 11) is 0. The Hall–Kier alpha value is -3.09. The molecule has 1 aliphatic rings. The number of rotatable bonds is 14. The lowest BCUT2D eigenvalue weighted by Crippen LogP contribution is -2.36. The number of hydrogen-bond acceptors (Lipinski definition) is 5. The van der Waals surface area contributed by atoms with Gasteiger partial charge in [-0.25, -0.2) is 4.39 Å². The van der Waals surface area contributed by atoms with Crippen LogP contribution in [0.25, 0.3) is 0 Å². The number of anilines is 1. The first kappa shape index (κ1) is 27.9. The molecule has 2 N–H and O–H groups in total. The van der Waals surface area contributed by atoms with Crippen molar-refractivity contribution in [2.75, 3.05) is 44.3 Å². The average molecular weight is 521 g/mol. The van der Waals surface area contributed by atoms with Gasteiger partial charge in [0.25, 0.3) is 0 Å². The molecule has 6 heteroatoms. The van der Waals surface area contributed by atoms with Crippen molar-refractivity contribution in [2.45, 2.75) is 51.5 Å². The van der Waals surface area contributed by atoms with Crippen LogP contribution in [0.2, 0.25) is 0 Å². The van der Waals surface area contributed by atoms with Gasteiger partial charge in [-0.15, -0.1) is 0 Å². The highest BCUT2D eigenvalue weighted by atomic mass is 19.1. The molecule has 1 heterocycles. The molecule has 4 rings (SSSR count). The highest BCUT2D eigenvalue weighted by Crippen LogP contribution is 2.37.